The second-order valence-electron chi connectivity index (χ2n) is 3.80. The zero-order valence-corrected chi connectivity index (χ0v) is 15.5. The van der Waals surface area contributed by atoms with Crippen molar-refractivity contribution in [3.8, 4) is 0 Å². The van der Waals surface area contributed by atoms with Crippen LogP contribution in [0.2, 0.25) is 0 Å². The fourth-order valence-electron chi connectivity index (χ4n) is 1.35. The highest BCUT2D eigenvalue weighted by atomic mass is 79.9. The predicted molar refractivity (Wildman–Crippen MR) is 89.7 cm³/mol. The molecule has 6 nitrogen and oxygen atoms in total. The Morgan fingerprint density at radius 3 is 1.09 bits per heavy atom. The summed E-state index contributed by atoms with van der Waals surface area (Å²) in [5, 5.41) is 27.3. The summed E-state index contributed by atoms with van der Waals surface area (Å²) in [6.45, 7) is 0. The van der Waals surface area contributed by atoms with E-state index in [1.807, 2.05) is 36.4 Å². The lowest BCUT2D eigenvalue weighted by molar-refractivity contribution is 0.843. The molecule has 0 unspecified atom stereocenters. The molecule has 0 N–H and O–H groups in total. The van der Waals surface area contributed by atoms with Crippen molar-refractivity contribution in [3.63, 3.8) is 0 Å². The highest BCUT2D eigenvalue weighted by Gasteiger charge is 2.05. The molecule has 22 heavy (non-hydrogen) atoms. The molecule has 110 valence electrons. The molecule has 0 radical (unpaired) electrons. The van der Waals surface area contributed by atoms with E-state index in [1.54, 1.807) is 0 Å². The number of rotatable bonds is 4. The fraction of sp³-hybridized carbons (Fsp3) is 0. The lowest BCUT2D eigenvalue weighted by Crippen LogP contribution is -1.91. The highest BCUT2D eigenvalue weighted by molar-refractivity contribution is 9.10. The SMILES string of the molecule is Brc1ccc(Sc2ccc(Sc3ccc(Br)nn3)nn2)nn1. The first-order valence-corrected chi connectivity index (χ1v) is 9.09. The molecular weight excluding hydrogens is 452 g/mol. The van der Waals surface area contributed by atoms with Gasteiger partial charge in [0.1, 0.15) is 29.3 Å². The summed E-state index contributed by atoms with van der Waals surface area (Å²) in [5.74, 6) is 0. The Kier molecular flexibility index (Phi) is 5.34. The van der Waals surface area contributed by atoms with Gasteiger partial charge in [0.2, 0.25) is 0 Å². The Bertz CT molecular complexity index is 686. The molecule has 0 aromatic carbocycles. The van der Waals surface area contributed by atoms with Crippen molar-refractivity contribution in [2.24, 2.45) is 0 Å². The van der Waals surface area contributed by atoms with Gasteiger partial charge in [-0.3, -0.25) is 0 Å². The van der Waals surface area contributed by atoms with Gasteiger partial charge in [0, 0.05) is 0 Å². The van der Waals surface area contributed by atoms with Crippen molar-refractivity contribution >= 4 is 55.4 Å². The van der Waals surface area contributed by atoms with Crippen LogP contribution in [0.1, 0.15) is 0 Å². The van der Waals surface area contributed by atoms with Crippen molar-refractivity contribution in [1.29, 1.82) is 0 Å². The van der Waals surface area contributed by atoms with Crippen LogP contribution in [-0.2, 0) is 0 Å². The zero-order chi connectivity index (χ0) is 15.4. The second-order valence-corrected chi connectivity index (χ2v) is 7.51. The number of hydrogen-bond acceptors (Lipinski definition) is 8. The van der Waals surface area contributed by atoms with Crippen LogP contribution in [0, 0.1) is 0 Å². The molecule has 3 heterocycles. The Morgan fingerprint density at radius 2 is 0.818 bits per heavy atom. The third kappa shape index (κ3) is 4.45. The minimum atomic E-state index is 0.699. The molecule has 3 aromatic heterocycles. The lowest BCUT2D eigenvalue weighted by Gasteiger charge is -2.01. The van der Waals surface area contributed by atoms with Gasteiger partial charge in [-0.25, -0.2) is 0 Å². The molecule has 0 fully saturated rings. The Balaban J connectivity index is 1.67. The largest absolute Gasteiger partial charge is 0.143 e. The molecular formula is C12H6Br2N6S2. The van der Waals surface area contributed by atoms with Gasteiger partial charge in [0.25, 0.3) is 0 Å². The minimum Gasteiger partial charge on any atom is -0.143 e. The standard InChI is InChI=1S/C12H6Br2N6S2/c13-7-1-3-9(17-15-7)21-11-5-6-12(20-19-11)22-10-4-2-8(14)16-18-10/h1-6H. The average molecular weight is 458 g/mol. The molecule has 0 saturated heterocycles. The van der Waals surface area contributed by atoms with E-state index in [-0.39, 0.29) is 0 Å². The monoisotopic (exact) mass is 456 g/mol. The van der Waals surface area contributed by atoms with E-state index in [1.165, 1.54) is 23.5 Å². The maximum Gasteiger partial charge on any atom is 0.128 e. The molecule has 10 heteroatoms. The van der Waals surface area contributed by atoms with Gasteiger partial charge in [-0.1, -0.05) is 0 Å². The lowest BCUT2D eigenvalue weighted by atomic mass is 10.6. The topological polar surface area (TPSA) is 77.3 Å². The van der Waals surface area contributed by atoms with Gasteiger partial charge >= 0.3 is 0 Å². The zero-order valence-electron chi connectivity index (χ0n) is 10.7. The first-order valence-electron chi connectivity index (χ1n) is 5.87. The van der Waals surface area contributed by atoms with Crippen LogP contribution in [0.3, 0.4) is 0 Å². The molecule has 0 spiro atoms. The van der Waals surface area contributed by atoms with E-state index in [0.29, 0.717) is 9.21 Å². The van der Waals surface area contributed by atoms with Gasteiger partial charge in [0.05, 0.1) is 0 Å². The van der Waals surface area contributed by atoms with E-state index >= 15 is 0 Å². The maximum absolute atomic E-state index is 4.17. The average Bonchev–Trinajstić information content (AvgIpc) is 2.54. The second kappa shape index (κ2) is 7.44. The number of hydrogen-bond donors (Lipinski definition) is 0. The summed E-state index contributed by atoms with van der Waals surface area (Å²) in [7, 11) is 0. The summed E-state index contributed by atoms with van der Waals surface area (Å²) in [6.07, 6.45) is 0. The van der Waals surface area contributed by atoms with E-state index < -0.39 is 0 Å². The van der Waals surface area contributed by atoms with E-state index in [9.17, 15) is 0 Å². The maximum atomic E-state index is 4.17. The quantitative estimate of drug-likeness (QED) is 0.583. The molecule has 0 amide bonds. The normalized spacial score (nSPS) is 10.6. The molecule has 0 aliphatic heterocycles. The summed E-state index contributed by atoms with van der Waals surface area (Å²) < 4.78 is 1.40. The van der Waals surface area contributed by atoms with Crippen LogP contribution in [0.15, 0.2) is 65.7 Å². The van der Waals surface area contributed by atoms with Crippen molar-refractivity contribution < 1.29 is 0 Å². The Labute approximate surface area is 151 Å². The van der Waals surface area contributed by atoms with Crippen LogP contribution in [-0.4, -0.2) is 30.6 Å². The first-order chi connectivity index (χ1) is 10.7. The molecule has 0 bridgehead atoms. The number of aromatic nitrogens is 6. The molecule has 0 aliphatic rings. The summed E-state index contributed by atoms with van der Waals surface area (Å²) in [6, 6.07) is 11.2. The van der Waals surface area contributed by atoms with E-state index in [4.69, 9.17) is 0 Å². The number of halogens is 2. The molecule has 0 aliphatic carbocycles. The van der Waals surface area contributed by atoms with Gasteiger partial charge < -0.3 is 0 Å². The van der Waals surface area contributed by atoms with E-state index in [2.05, 4.69) is 62.5 Å². The highest BCUT2D eigenvalue weighted by Crippen LogP contribution is 2.27. The van der Waals surface area contributed by atoms with Gasteiger partial charge in [-0.15, -0.1) is 30.6 Å². The van der Waals surface area contributed by atoms with Crippen molar-refractivity contribution in [2.45, 2.75) is 20.1 Å². The fourth-order valence-corrected chi connectivity index (χ4v) is 3.07. The smallest absolute Gasteiger partial charge is 0.128 e. The third-order valence-corrected chi connectivity index (χ3v) is 4.80. The summed E-state index contributed by atoms with van der Waals surface area (Å²) in [5.41, 5.74) is 0. The molecule has 3 rings (SSSR count). The van der Waals surface area contributed by atoms with Crippen molar-refractivity contribution in [1.82, 2.24) is 30.6 Å². The van der Waals surface area contributed by atoms with Crippen LogP contribution in [0.5, 0.6) is 0 Å². The minimum absolute atomic E-state index is 0.699. The van der Waals surface area contributed by atoms with Crippen molar-refractivity contribution in [3.05, 3.63) is 45.6 Å². The molecule has 3 aromatic rings. The van der Waals surface area contributed by atoms with E-state index in [0.717, 1.165) is 20.1 Å². The Morgan fingerprint density at radius 1 is 0.500 bits per heavy atom. The van der Waals surface area contributed by atoms with Crippen LogP contribution in [0.25, 0.3) is 0 Å². The number of nitrogens with zero attached hydrogens (tertiary/aromatic N) is 6. The molecule has 0 atom stereocenters. The molecule has 0 saturated carbocycles. The van der Waals surface area contributed by atoms with Gasteiger partial charge in [0.15, 0.2) is 0 Å². The first kappa shape index (κ1) is 15.8. The van der Waals surface area contributed by atoms with Crippen LogP contribution >= 0.6 is 55.4 Å². The third-order valence-electron chi connectivity index (χ3n) is 2.25. The van der Waals surface area contributed by atoms with Crippen LogP contribution < -0.4 is 0 Å². The van der Waals surface area contributed by atoms with Crippen molar-refractivity contribution in [2.75, 3.05) is 0 Å². The Hall–Kier alpha value is -1.10. The predicted octanol–water partition coefficient (Wildman–Crippen LogP) is 3.88. The summed E-state index contributed by atoms with van der Waals surface area (Å²) >= 11 is 9.30. The summed E-state index contributed by atoms with van der Waals surface area (Å²) in [4.78, 5) is 0. The van der Waals surface area contributed by atoms with Crippen LogP contribution in [0.4, 0.5) is 0 Å². The van der Waals surface area contributed by atoms with Gasteiger partial charge in [-0.05, 0) is 91.8 Å². The van der Waals surface area contributed by atoms with Gasteiger partial charge in [-0.2, -0.15) is 0 Å².